The molecule has 1 saturated heterocycles. The van der Waals surface area contributed by atoms with Crippen molar-refractivity contribution in [1.29, 1.82) is 0 Å². The van der Waals surface area contributed by atoms with Crippen LogP contribution in [-0.4, -0.2) is 25.3 Å². The van der Waals surface area contributed by atoms with Gasteiger partial charge < -0.3 is 9.47 Å². The Balaban J connectivity index is 1.79. The maximum atomic E-state index is 13.5. The minimum atomic E-state index is -3.70. The summed E-state index contributed by atoms with van der Waals surface area (Å²) in [5, 5.41) is 0.937. The number of benzene rings is 2. The van der Waals surface area contributed by atoms with Gasteiger partial charge in [0.05, 0.1) is 17.0 Å². The highest BCUT2D eigenvalue weighted by molar-refractivity contribution is 7.90. The lowest BCUT2D eigenvalue weighted by Crippen LogP contribution is -2.22. The summed E-state index contributed by atoms with van der Waals surface area (Å²) in [4.78, 5) is 0.291. The van der Waals surface area contributed by atoms with E-state index < -0.39 is 10.0 Å². The van der Waals surface area contributed by atoms with E-state index in [9.17, 15) is 8.42 Å². The minimum Gasteiger partial charge on any atom is -0.353 e. The Morgan fingerprint density at radius 3 is 2.53 bits per heavy atom. The fourth-order valence-electron chi connectivity index (χ4n) is 4.47. The first kappa shape index (κ1) is 23.0. The molecule has 2 heterocycles. The second-order valence-corrected chi connectivity index (χ2v) is 11.0. The molecule has 2 aromatic carbocycles. The van der Waals surface area contributed by atoms with E-state index in [1.54, 1.807) is 18.3 Å². The van der Waals surface area contributed by atoms with E-state index in [1.165, 1.54) is 9.54 Å². The molecular formula is C26H33NO4S. The molecule has 32 heavy (non-hydrogen) atoms. The monoisotopic (exact) mass is 455 g/mol. The maximum Gasteiger partial charge on any atom is 0.268 e. The third-order valence-electron chi connectivity index (χ3n) is 6.09. The van der Waals surface area contributed by atoms with Gasteiger partial charge >= 0.3 is 0 Å². The number of ether oxygens (including phenoxy) is 2. The van der Waals surface area contributed by atoms with E-state index in [2.05, 4.69) is 19.9 Å². The molecule has 0 aliphatic carbocycles. The third-order valence-corrected chi connectivity index (χ3v) is 7.78. The normalized spacial score (nSPS) is 17.3. The van der Waals surface area contributed by atoms with E-state index in [-0.39, 0.29) is 6.29 Å². The molecule has 1 atom stereocenters. The lowest BCUT2D eigenvalue weighted by Gasteiger charge is -2.24. The lowest BCUT2D eigenvalue weighted by atomic mass is 9.93. The van der Waals surface area contributed by atoms with Crippen LogP contribution < -0.4 is 0 Å². The Bertz CT molecular complexity index is 1190. The van der Waals surface area contributed by atoms with Gasteiger partial charge in [-0.05, 0) is 80.3 Å². The molecule has 1 fully saturated rings. The molecule has 5 nitrogen and oxygen atoms in total. The summed E-state index contributed by atoms with van der Waals surface area (Å²) in [6.07, 6.45) is 5.48. The Hall–Kier alpha value is -2.15. The average molecular weight is 456 g/mol. The number of fused-ring (bicyclic) bond motifs is 1. The summed E-state index contributed by atoms with van der Waals surface area (Å²) in [5.74, 6) is 0.481. The minimum absolute atomic E-state index is 0.189. The van der Waals surface area contributed by atoms with Crippen molar-refractivity contribution in [2.24, 2.45) is 5.92 Å². The molecule has 0 radical (unpaired) electrons. The number of hydrogen-bond acceptors (Lipinski definition) is 4. The van der Waals surface area contributed by atoms with E-state index in [1.807, 2.05) is 32.0 Å². The molecule has 0 bridgehead atoms. The molecular weight excluding hydrogens is 422 g/mol. The van der Waals surface area contributed by atoms with Crippen molar-refractivity contribution >= 4 is 20.9 Å². The third kappa shape index (κ3) is 4.63. The van der Waals surface area contributed by atoms with Crippen LogP contribution in [0.5, 0.6) is 0 Å². The second kappa shape index (κ2) is 9.38. The Kier molecular flexibility index (Phi) is 6.75. The predicted molar refractivity (Wildman–Crippen MR) is 127 cm³/mol. The predicted octanol–water partition coefficient (Wildman–Crippen LogP) is 5.74. The van der Waals surface area contributed by atoms with Gasteiger partial charge in [-0.2, -0.15) is 0 Å². The largest absolute Gasteiger partial charge is 0.353 e. The molecule has 3 aromatic rings. The first-order valence-electron chi connectivity index (χ1n) is 11.4. The number of aryl methyl sites for hydroxylation is 2. The summed E-state index contributed by atoms with van der Waals surface area (Å²) in [5.41, 5.74) is 4.98. The van der Waals surface area contributed by atoms with Gasteiger partial charge in [-0.3, -0.25) is 0 Å². The van der Waals surface area contributed by atoms with Crippen LogP contribution in [0.25, 0.3) is 10.9 Å². The molecule has 0 saturated carbocycles. The summed E-state index contributed by atoms with van der Waals surface area (Å²) in [7, 11) is -3.70. The number of rotatable bonds is 7. The topological polar surface area (TPSA) is 57.5 Å². The fourth-order valence-corrected chi connectivity index (χ4v) is 5.88. The maximum absolute atomic E-state index is 13.5. The highest BCUT2D eigenvalue weighted by Crippen LogP contribution is 2.32. The van der Waals surface area contributed by atoms with Gasteiger partial charge in [0, 0.05) is 18.2 Å². The number of hydrogen-bond donors (Lipinski definition) is 0. The zero-order valence-corrected chi connectivity index (χ0v) is 20.2. The summed E-state index contributed by atoms with van der Waals surface area (Å²) < 4.78 is 40.3. The first-order chi connectivity index (χ1) is 15.3. The van der Waals surface area contributed by atoms with Gasteiger partial charge in [0.1, 0.15) is 0 Å². The van der Waals surface area contributed by atoms with Crippen molar-refractivity contribution in [3.05, 3.63) is 64.8 Å². The second-order valence-electron chi connectivity index (χ2n) is 9.23. The van der Waals surface area contributed by atoms with Crippen LogP contribution in [0.4, 0.5) is 0 Å². The molecule has 1 unspecified atom stereocenters. The molecule has 1 aliphatic rings. The van der Waals surface area contributed by atoms with Gasteiger partial charge in [0.15, 0.2) is 6.29 Å². The van der Waals surface area contributed by atoms with Crippen LogP contribution in [0.2, 0.25) is 0 Å². The van der Waals surface area contributed by atoms with Crippen molar-refractivity contribution in [3.63, 3.8) is 0 Å². The zero-order chi connectivity index (χ0) is 22.9. The van der Waals surface area contributed by atoms with Crippen molar-refractivity contribution in [2.75, 3.05) is 6.61 Å². The Labute approximate surface area is 191 Å². The van der Waals surface area contributed by atoms with Crippen LogP contribution in [0.1, 0.15) is 55.4 Å². The number of aromatic nitrogens is 1. The molecule has 1 aliphatic heterocycles. The Morgan fingerprint density at radius 2 is 1.88 bits per heavy atom. The molecule has 1 aromatic heterocycles. The van der Waals surface area contributed by atoms with Crippen molar-refractivity contribution < 1.29 is 17.9 Å². The van der Waals surface area contributed by atoms with Gasteiger partial charge in [0.25, 0.3) is 10.0 Å². The van der Waals surface area contributed by atoms with Crippen LogP contribution in [0.15, 0.2) is 47.5 Å². The van der Waals surface area contributed by atoms with Crippen molar-refractivity contribution in [2.45, 2.75) is 71.2 Å². The molecule has 4 rings (SSSR count). The van der Waals surface area contributed by atoms with Crippen molar-refractivity contribution in [1.82, 2.24) is 3.97 Å². The van der Waals surface area contributed by atoms with E-state index >= 15 is 0 Å². The van der Waals surface area contributed by atoms with E-state index in [0.717, 1.165) is 59.9 Å². The average Bonchev–Trinajstić information content (AvgIpc) is 3.21. The van der Waals surface area contributed by atoms with Crippen LogP contribution >= 0.6 is 0 Å². The van der Waals surface area contributed by atoms with Gasteiger partial charge in [-0.15, -0.1) is 0 Å². The first-order valence-corrected chi connectivity index (χ1v) is 12.9. The number of nitrogens with zero attached hydrogens (tertiary/aromatic N) is 1. The van der Waals surface area contributed by atoms with Crippen LogP contribution in [0.3, 0.4) is 0 Å². The van der Waals surface area contributed by atoms with Gasteiger partial charge in [-0.1, -0.05) is 37.6 Å². The lowest BCUT2D eigenvalue weighted by molar-refractivity contribution is -0.168. The summed E-state index contributed by atoms with van der Waals surface area (Å²) >= 11 is 0. The smallest absolute Gasteiger partial charge is 0.268 e. The quantitative estimate of drug-likeness (QED) is 0.456. The SMILES string of the molecule is Cc1ccc(S(=O)(=O)n2ccc3c(COC4CCCCO4)c(CC(C)C)cc(C)c32)cc1. The molecule has 0 N–H and O–H groups in total. The van der Waals surface area contributed by atoms with Crippen LogP contribution in [-0.2, 0) is 32.5 Å². The van der Waals surface area contributed by atoms with E-state index in [0.29, 0.717) is 17.4 Å². The molecule has 172 valence electrons. The highest BCUT2D eigenvalue weighted by Gasteiger charge is 2.23. The van der Waals surface area contributed by atoms with Gasteiger partial charge in [-0.25, -0.2) is 12.4 Å². The molecule has 6 heteroatoms. The standard InChI is InChI=1S/C26H33NO4S/c1-18(2)15-21-16-20(4)26-23(24(21)17-31-25-7-5-6-14-30-25)12-13-27(26)32(28,29)22-10-8-19(3)9-11-22/h8-13,16,18,25H,5-7,14-15,17H2,1-4H3. The van der Waals surface area contributed by atoms with Crippen LogP contribution in [0, 0.1) is 19.8 Å². The van der Waals surface area contributed by atoms with Crippen molar-refractivity contribution in [3.8, 4) is 0 Å². The highest BCUT2D eigenvalue weighted by atomic mass is 32.2. The molecule has 0 amide bonds. The van der Waals surface area contributed by atoms with E-state index in [4.69, 9.17) is 9.47 Å². The Morgan fingerprint density at radius 1 is 1.12 bits per heavy atom. The fraction of sp³-hybridized carbons (Fsp3) is 0.462. The van der Waals surface area contributed by atoms with Gasteiger partial charge in [0.2, 0.25) is 0 Å². The zero-order valence-electron chi connectivity index (χ0n) is 19.4. The summed E-state index contributed by atoms with van der Waals surface area (Å²) in [6.45, 7) is 9.48. The molecule has 0 spiro atoms. The summed E-state index contributed by atoms with van der Waals surface area (Å²) in [6, 6.07) is 11.0.